The summed E-state index contributed by atoms with van der Waals surface area (Å²) in [7, 11) is 0. The number of aryl methyl sites for hydroxylation is 1. The van der Waals surface area contributed by atoms with Crippen molar-refractivity contribution in [3.8, 4) is 0 Å². The van der Waals surface area contributed by atoms with Crippen LogP contribution in [-0.2, 0) is 0 Å². The summed E-state index contributed by atoms with van der Waals surface area (Å²) in [4.78, 5) is 12.3. The summed E-state index contributed by atoms with van der Waals surface area (Å²) in [5, 5.41) is 1.18. The third-order valence-corrected chi connectivity index (χ3v) is 4.50. The minimum atomic E-state index is 0. The Morgan fingerprint density at radius 3 is 2.45 bits per heavy atom. The highest BCUT2D eigenvalue weighted by molar-refractivity contribution is 5.85. The van der Waals surface area contributed by atoms with Gasteiger partial charge in [-0.2, -0.15) is 0 Å². The van der Waals surface area contributed by atoms with E-state index in [2.05, 4.69) is 36.6 Å². The Balaban J connectivity index is 0.00000147. The van der Waals surface area contributed by atoms with Gasteiger partial charge < -0.3 is 4.57 Å². The fourth-order valence-electron chi connectivity index (χ4n) is 3.36. The Morgan fingerprint density at radius 2 is 1.75 bits per heavy atom. The van der Waals surface area contributed by atoms with Crippen LogP contribution in [0.2, 0.25) is 0 Å². The van der Waals surface area contributed by atoms with E-state index in [1.165, 1.54) is 23.8 Å². The summed E-state index contributed by atoms with van der Waals surface area (Å²) >= 11 is 0. The first-order valence-electron chi connectivity index (χ1n) is 7.27. The Bertz CT molecular complexity index is 654. The second-order valence-corrected chi connectivity index (χ2v) is 5.97. The number of fused-ring (bicyclic) bond motifs is 1. The van der Waals surface area contributed by atoms with Crippen molar-refractivity contribution in [1.82, 2.24) is 4.57 Å². The molecule has 0 saturated heterocycles. The molecule has 3 heteroatoms. The number of aromatic nitrogens is 1. The summed E-state index contributed by atoms with van der Waals surface area (Å²) in [6, 6.07) is 10.3. The lowest BCUT2D eigenvalue weighted by Gasteiger charge is -2.29. The highest BCUT2D eigenvalue weighted by Gasteiger charge is 2.22. The van der Waals surface area contributed by atoms with Crippen molar-refractivity contribution in [2.45, 2.75) is 45.6 Å². The average Bonchev–Trinajstić information content (AvgIpc) is 2.41. The van der Waals surface area contributed by atoms with Gasteiger partial charge in [-0.05, 0) is 55.5 Å². The van der Waals surface area contributed by atoms with Gasteiger partial charge in [-0.15, -0.1) is 12.4 Å². The number of halogens is 1. The number of rotatable bonds is 1. The van der Waals surface area contributed by atoms with E-state index in [4.69, 9.17) is 0 Å². The molecule has 1 fully saturated rings. The lowest BCUT2D eigenvalue weighted by molar-refractivity contribution is 0.290. The van der Waals surface area contributed by atoms with Crippen molar-refractivity contribution in [1.29, 1.82) is 0 Å². The highest BCUT2D eigenvalue weighted by atomic mass is 35.5. The summed E-state index contributed by atoms with van der Waals surface area (Å²) in [5.74, 6) is 0.808. The zero-order valence-corrected chi connectivity index (χ0v) is 13.0. The first kappa shape index (κ1) is 15.1. The van der Waals surface area contributed by atoms with Crippen LogP contribution >= 0.6 is 12.4 Å². The molecule has 0 N–H and O–H groups in total. The second-order valence-electron chi connectivity index (χ2n) is 5.97. The summed E-state index contributed by atoms with van der Waals surface area (Å²) < 4.78 is 2.05. The molecule has 20 heavy (non-hydrogen) atoms. The van der Waals surface area contributed by atoms with E-state index >= 15 is 0 Å². The zero-order chi connectivity index (χ0) is 13.4. The molecule has 0 aliphatic heterocycles. The molecule has 1 aromatic carbocycles. The van der Waals surface area contributed by atoms with Gasteiger partial charge in [0.05, 0.1) is 5.52 Å². The van der Waals surface area contributed by atoms with Crippen molar-refractivity contribution >= 4 is 23.3 Å². The van der Waals surface area contributed by atoms with Crippen LogP contribution < -0.4 is 5.56 Å². The van der Waals surface area contributed by atoms with Crippen LogP contribution in [0.1, 0.15) is 44.2 Å². The quantitative estimate of drug-likeness (QED) is 0.759. The number of benzene rings is 1. The number of para-hydroxylation sites is 1. The van der Waals surface area contributed by atoms with E-state index in [0.29, 0.717) is 6.04 Å². The lowest BCUT2D eigenvalue weighted by Crippen LogP contribution is -2.27. The summed E-state index contributed by atoms with van der Waals surface area (Å²) in [6.45, 7) is 4.41. The third kappa shape index (κ3) is 2.62. The molecule has 1 aromatic heterocycles. The largest absolute Gasteiger partial charge is 0.305 e. The van der Waals surface area contributed by atoms with Gasteiger partial charge in [0.15, 0.2) is 0 Å². The fraction of sp³-hybridized carbons (Fsp3) is 0.471. The van der Waals surface area contributed by atoms with E-state index < -0.39 is 0 Å². The summed E-state index contributed by atoms with van der Waals surface area (Å²) in [5.41, 5.74) is 2.49. The zero-order valence-electron chi connectivity index (χ0n) is 12.1. The molecule has 108 valence electrons. The standard InChI is InChI=1S/C17H21NO.ClH/c1-12-6-9-15(10-7-12)18-16(19)11-8-14-5-3-4-13(2)17(14)18;/h3-5,8,11-12,15H,6-7,9-10H2,1-2H3;1H. The molecular weight excluding hydrogens is 270 g/mol. The molecule has 0 unspecified atom stereocenters. The molecule has 1 aliphatic rings. The Hall–Kier alpha value is -1.28. The third-order valence-electron chi connectivity index (χ3n) is 4.50. The van der Waals surface area contributed by atoms with Crippen LogP contribution in [0.3, 0.4) is 0 Å². The van der Waals surface area contributed by atoms with Crippen LogP contribution in [0.15, 0.2) is 35.1 Å². The fourth-order valence-corrected chi connectivity index (χ4v) is 3.36. The molecule has 2 aromatic rings. The minimum absolute atomic E-state index is 0. The molecule has 2 nitrogen and oxygen atoms in total. The molecule has 0 amide bonds. The molecular formula is C17H22ClNO. The van der Waals surface area contributed by atoms with Crippen molar-refractivity contribution in [3.63, 3.8) is 0 Å². The number of hydrogen-bond acceptors (Lipinski definition) is 1. The molecule has 1 heterocycles. The minimum Gasteiger partial charge on any atom is -0.305 e. The van der Waals surface area contributed by atoms with Gasteiger partial charge in [-0.25, -0.2) is 0 Å². The highest BCUT2D eigenvalue weighted by Crippen LogP contribution is 2.33. The van der Waals surface area contributed by atoms with E-state index in [0.717, 1.165) is 24.3 Å². The van der Waals surface area contributed by atoms with Gasteiger partial charge in [0.2, 0.25) is 0 Å². The number of hydrogen-bond donors (Lipinski definition) is 0. The van der Waals surface area contributed by atoms with Gasteiger partial charge in [-0.1, -0.05) is 25.1 Å². The average molecular weight is 292 g/mol. The molecule has 0 radical (unpaired) electrons. The Morgan fingerprint density at radius 1 is 1.05 bits per heavy atom. The second kappa shape index (κ2) is 6.01. The van der Waals surface area contributed by atoms with E-state index in [1.54, 1.807) is 6.07 Å². The topological polar surface area (TPSA) is 22.0 Å². The van der Waals surface area contributed by atoms with Gasteiger partial charge in [-0.3, -0.25) is 4.79 Å². The lowest BCUT2D eigenvalue weighted by atomic mass is 9.87. The normalized spacial score (nSPS) is 22.5. The monoisotopic (exact) mass is 291 g/mol. The van der Waals surface area contributed by atoms with Gasteiger partial charge >= 0.3 is 0 Å². The maximum absolute atomic E-state index is 12.3. The number of nitrogens with zero attached hydrogens (tertiary/aromatic N) is 1. The SMILES string of the molecule is Cc1cccc2ccc(=O)n(C3CCC(C)CC3)c12.Cl. The van der Waals surface area contributed by atoms with E-state index in [1.807, 2.05) is 6.07 Å². The van der Waals surface area contributed by atoms with Crippen LogP contribution in [0.5, 0.6) is 0 Å². The van der Waals surface area contributed by atoms with E-state index in [9.17, 15) is 4.79 Å². The van der Waals surface area contributed by atoms with Crippen LogP contribution in [0.4, 0.5) is 0 Å². The predicted octanol–water partition coefficient (Wildman–Crippen LogP) is 4.48. The van der Waals surface area contributed by atoms with Gasteiger partial charge in [0.25, 0.3) is 5.56 Å². The maximum atomic E-state index is 12.3. The molecule has 0 bridgehead atoms. The number of pyridine rings is 1. The van der Waals surface area contributed by atoms with Crippen molar-refractivity contribution in [3.05, 3.63) is 46.2 Å². The van der Waals surface area contributed by atoms with Crippen molar-refractivity contribution < 1.29 is 0 Å². The van der Waals surface area contributed by atoms with Crippen LogP contribution in [0, 0.1) is 12.8 Å². The van der Waals surface area contributed by atoms with Crippen LogP contribution in [-0.4, -0.2) is 4.57 Å². The maximum Gasteiger partial charge on any atom is 0.251 e. The molecule has 1 saturated carbocycles. The first-order chi connectivity index (χ1) is 9.16. The van der Waals surface area contributed by atoms with Gasteiger partial charge in [0.1, 0.15) is 0 Å². The van der Waals surface area contributed by atoms with Gasteiger partial charge in [0, 0.05) is 12.1 Å². The van der Waals surface area contributed by atoms with Crippen molar-refractivity contribution in [2.24, 2.45) is 5.92 Å². The van der Waals surface area contributed by atoms with Crippen molar-refractivity contribution in [2.75, 3.05) is 0 Å². The summed E-state index contributed by atoms with van der Waals surface area (Å²) in [6.07, 6.45) is 4.74. The first-order valence-corrected chi connectivity index (χ1v) is 7.27. The Labute approximate surface area is 126 Å². The molecule has 0 spiro atoms. The van der Waals surface area contributed by atoms with Crippen LogP contribution in [0.25, 0.3) is 10.9 Å². The Kier molecular flexibility index (Phi) is 4.54. The molecule has 0 atom stereocenters. The molecule has 1 aliphatic carbocycles. The van der Waals surface area contributed by atoms with E-state index in [-0.39, 0.29) is 18.0 Å². The smallest absolute Gasteiger partial charge is 0.251 e. The molecule has 3 rings (SSSR count). The predicted molar refractivity (Wildman–Crippen MR) is 86.9 cm³/mol.